The van der Waals surface area contributed by atoms with E-state index in [1.54, 1.807) is 0 Å². The largest absolute Gasteiger partial charge is 0.482 e. The van der Waals surface area contributed by atoms with Gasteiger partial charge >= 0.3 is 12.1 Å². The van der Waals surface area contributed by atoms with Crippen LogP contribution in [0.25, 0.3) is 0 Å². The lowest BCUT2D eigenvalue weighted by Gasteiger charge is -2.37. The van der Waals surface area contributed by atoms with Gasteiger partial charge in [-0.05, 0) is 47.9 Å². The van der Waals surface area contributed by atoms with E-state index in [1.165, 1.54) is 41.3 Å². The molecule has 3 aromatic rings. The van der Waals surface area contributed by atoms with Gasteiger partial charge in [-0.15, -0.1) is 0 Å². The SMILES string of the molecule is O=C(O)COc1ccc(Cl)cc1C1c2ccc(F)c(F)c2CCN1C(=O)OCc1cccc(F)c1F. The van der Waals surface area contributed by atoms with Crippen LogP contribution in [0.2, 0.25) is 5.02 Å². The van der Waals surface area contributed by atoms with Crippen molar-refractivity contribution in [3.63, 3.8) is 0 Å². The summed E-state index contributed by atoms with van der Waals surface area (Å²) >= 11 is 6.17. The van der Waals surface area contributed by atoms with Crippen LogP contribution in [-0.4, -0.2) is 35.2 Å². The number of nitrogens with zero attached hydrogens (tertiary/aromatic N) is 1. The summed E-state index contributed by atoms with van der Waals surface area (Å²) in [6.45, 7) is -1.43. The number of benzene rings is 3. The van der Waals surface area contributed by atoms with E-state index in [0.29, 0.717) is 0 Å². The Morgan fingerprint density at radius 2 is 1.75 bits per heavy atom. The Balaban J connectivity index is 1.74. The van der Waals surface area contributed by atoms with Gasteiger partial charge < -0.3 is 14.6 Å². The highest BCUT2D eigenvalue weighted by atomic mass is 35.5. The molecular formula is C25H18ClF4NO5. The van der Waals surface area contributed by atoms with E-state index in [0.717, 1.165) is 12.1 Å². The van der Waals surface area contributed by atoms with Crippen LogP contribution in [0.4, 0.5) is 22.4 Å². The fourth-order valence-electron chi connectivity index (χ4n) is 4.07. The highest BCUT2D eigenvalue weighted by Crippen LogP contribution is 2.42. The molecule has 0 saturated heterocycles. The highest BCUT2D eigenvalue weighted by molar-refractivity contribution is 6.30. The second-order valence-electron chi connectivity index (χ2n) is 7.91. The third-order valence-corrected chi connectivity index (χ3v) is 5.91. The van der Waals surface area contributed by atoms with Gasteiger partial charge in [0.1, 0.15) is 12.4 Å². The molecule has 1 amide bonds. The predicted molar refractivity (Wildman–Crippen MR) is 120 cm³/mol. The third kappa shape index (κ3) is 5.08. The summed E-state index contributed by atoms with van der Waals surface area (Å²) in [6.07, 6.45) is -1.02. The molecular weight excluding hydrogens is 506 g/mol. The first-order valence-corrected chi connectivity index (χ1v) is 11.0. The third-order valence-electron chi connectivity index (χ3n) is 5.68. The van der Waals surface area contributed by atoms with Crippen LogP contribution in [0.15, 0.2) is 48.5 Å². The number of hydrogen-bond donors (Lipinski definition) is 1. The molecule has 0 aliphatic carbocycles. The Morgan fingerprint density at radius 3 is 2.50 bits per heavy atom. The molecule has 0 aromatic heterocycles. The normalized spacial score (nSPS) is 14.8. The zero-order chi connectivity index (χ0) is 26.0. The van der Waals surface area contributed by atoms with E-state index < -0.39 is 54.6 Å². The topological polar surface area (TPSA) is 76.1 Å². The fourth-order valence-corrected chi connectivity index (χ4v) is 4.25. The molecule has 1 N–H and O–H groups in total. The smallest absolute Gasteiger partial charge is 0.410 e. The number of rotatable bonds is 6. The van der Waals surface area contributed by atoms with Gasteiger partial charge in [-0.2, -0.15) is 0 Å². The molecule has 0 saturated carbocycles. The molecule has 0 bridgehead atoms. The summed E-state index contributed by atoms with van der Waals surface area (Å²) in [6, 6.07) is 8.75. The molecule has 1 aliphatic rings. The number of ether oxygens (including phenoxy) is 2. The van der Waals surface area contributed by atoms with Crippen molar-refractivity contribution in [1.82, 2.24) is 4.90 Å². The summed E-state index contributed by atoms with van der Waals surface area (Å²) in [5.41, 5.74) is 0.226. The van der Waals surface area contributed by atoms with E-state index in [9.17, 15) is 27.2 Å². The lowest BCUT2D eigenvalue weighted by molar-refractivity contribution is -0.139. The molecule has 188 valence electrons. The number of aliphatic carboxylic acids is 1. The highest BCUT2D eigenvalue weighted by Gasteiger charge is 2.37. The van der Waals surface area contributed by atoms with Gasteiger partial charge in [0.05, 0.1) is 6.04 Å². The second kappa shape index (κ2) is 10.4. The first-order valence-electron chi connectivity index (χ1n) is 10.6. The maximum Gasteiger partial charge on any atom is 0.410 e. The number of carbonyl (C=O) groups is 2. The van der Waals surface area contributed by atoms with Crippen molar-refractivity contribution < 1.29 is 41.7 Å². The van der Waals surface area contributed by atoms with E-state index >= 15 is 0 Å². The van der Waals surface area contributed by atoms with Crippen LogP contribution in [-0.2, 0) is 22.6 Å². The number of carbonyl (C=O) groups excluding carboxylic acids is 1. The fraction of sp³-hybridized carbons (Fsp3) is 0.200. The summed E-state index contributed by atoms with van der Waals surface area (Å²) in [7, 11) is 0. The molecule has 1 heterocycles. The minimum atomic E-state index is -1.26. The molecule has 0 spiro atoms. The lowest BCUT2D eigenvalue weighted by atomic mass is 9.87. The zero-order valence-electron chi connectivity index (χ0n) is 18.4. The first kappa shape index (κ1) is 25.3. The molecule has 36 heavy (non-hydrogen) atoms. The second-order valence-corrected chi connectivity index (χ2v) is 8.34. The Kier molecular flexibility index (Phi) is 7.35. The quantitative estimate of drug-likeness (QED) is 0.423. The van der Waals surface area contributed by atoms with Crippen LogP contribution in [0.3, 0.4) is 0 Å². The van der Waals surface area contributed by atoms with E-state index in [1.807, 2.05) is 0 Å². The molecule has 11 heteroatoms. The van der Waals surface area contributed by atoms with E-state index in [-0.39, 0.29) is 46.0 Å². The lowest BCUT2D eigenvalue weighted by Crippen LogP contribution is -2.41. The van der Waals surface area contributed by atoms with Crippen LogP contribution in [0.5, 0.6) is 5.75 Å². The van der Waals surface area contributed by atoms with Gasteiger partial charge in [0.2, 0.25) is 0 Å². The number of amides is 1. The van der Waals surface area contributed by atoms with Gasteiger partial charge in [0, 0.05) is 22.7 Å². The van der Waals surface area contributed by atoms with Gasteiger partial charge in [-0.1, -0.05) is 29.8 Å². The van der Waals surface area contributed by atoms with Crippen molar-refractivity contribution in [3.05, 3.63) is 99.1 Å². The zero-order valence-corrected chi connectivity index (χ0v) is 19.2. The van der Waals surface area contributed by atoms with Crippen LogP contribution in [0.1, 0.15) is 28.3 Å². The van der Waals surface area contributed by atoms with Crippen molar-refractivity contribution in [2.75, 3.05) is 13.2 Å². The average Bonchev–Trinajstić information content (AvgIpc) is 2.85. The van der Waals surface area contributed by atoms with Crippen molar-refractivity contribution in [2.24, 2.45) is 0 Å². The van der Waals surface area contributed by atoms with Gasteiger partial charge in [0.25, 0.3) is 0 Å². The molecule has 6 nitrogen and oxygen atoms in total. The molecule has 1 atom stereocenters. The molecule has 3 aromatic carbocycles. The Labute approximate surface area is 207 Å². The van der Waals surface area contributed by atoms with Crippen molar-refractivity contribution in [3.8, 4) is 5.75 Å². The number of carboxylic acid groups (broad SMARTS) is 1. The molecule has 0 radical (unpaired) electrons. The average molecular weight is 524 g/mol. The minimum Gasteiger partial charge on any atom is -0.482 e. The van der Waals surface area contributed by atoms with Gasteiger partial charge in [0.15, 0.2) is 29.9 Å². The van der Waals surface area contributed by atoms with Crippen molar-refractivity contribution in [1.29, 1.82) is 0 Å². The van der Waals surface area contributed by atoms with Crippen molar-refractivity contribution in [2.45, 2.75) is 19.1 Å². The maximum atomic E-state index is 14.7. The molecule has 1 unspecified atom stereocenters. The van der Waals surface area contributed by atoms with Gasteiger partial charge in [-0.3, -0.25) is 4.90 Å². The number of carboxylic acids is 1. The first-order chi connectivity index (χ1) is 17.2. The minimum absolute atomic E-state index is 0.0179. The monoisotopic (exact) mass is 523 g/mol. The van der Waals surface area contributed by atoms with Crippen LogP contribution in [0, 0.1) is 23.3 Å². The standard InChI is InChI=1S/C25H18ClF4NO5/c26-14-4-7-20(35-12-21(32)33)17(10-14)24-16-5-6-19(28)23(30)15(16)8-9-31(24)25(34)36-11-13-2-1-3-18(27)22(13)29/h1-7,10,24H,8-9,11-12H2,(H,32,33). The Hall–Kier alpha value is -3.79. The molecule has 0 fully saturated rings. The summed E-state index contributed by atoms with van der Waals surface area (Å²) in [5, 5.41) is 9.24. The van der Waals surface area contributed by atoms with Crippen LogP contribution < -0.4 is 4.74 Å². The Morgan fingerprint density at radius 1 is 1.00 bits per heavy atom. The number of hydrogen-bond acceptors (Lipinski definition) is 4. The maximum absolute atomic E-state index is 14.7. The van der Waals surface area contributed by atoms with E-state index in [4.69, 9.17) is 26.2 Å². The number of fused-ring (bicyclic) bond motifs is 1. The molecule has 4 rings (SSSR count). The van der Waals surface area contributed by atoms with E-state index in [2.05, 4.69) is 0 Å². The molecule has 1 aliphatic heterocycles. The van der Waals surface area contributed by atoms with Crippen LogP contribution >= 0.6 is 11.6 Å². The van der Waals surface area contributed by atoms with Crippen molar-refractivity contribution >= 4 is 23.7 Å². The number of halogens is 5. The summed E-state index contributed by atoms with van der Waals surface area (Å²) < 4.78 is 66.8. The Bertz CT molecular complexity index is 1340. The summed E-state index contributed by atoms with van der Waals surface area (Å²) in [5.74, 6) is -5.65. The predicted octanol–water partition coefficient (Wildman–Crippen LogP) is 5.64. The van der Waals surface area contributed by atoms with Gasteiger partial charge in [-0.25, -0.2) is 27.2 Å². The summed E-state index contributed by atoms with van der Waals surface area (Å²) in [4.78, 5) is 25.4.